The molecule has 0 aromatic heterocycles. The fourth-order valence-electron chi connectivity index (χ4n) is 2.06. The lowest BCUT2D eigenvalue weighted by Gasteiger charge is -2.15. The molecule has 1 atom stereocenters. The Hall–Kier alpha value is -2.56. The van der Waals surface area contributed by atoms with Crippen molar-refractivity contribution in [2.75, 3.05) is 13.2 Å². The van der Waals surface area contributed by atoms with E-state index in [1.54, 1.807) is 19.1 Å². The Kier molecular flexibility index (Phi) is 6.18. The summed E-state index contributed by atoms with van der Waals surface area (Å²) in [5.41, 5.74) is 2.30. The summed E-state index contributed by atoms with van der Waals surface area (Å²) in [5, 5.41) is 2.75. The molecule has 0 saturated heterocycles. The summed E-state index contributed by atoms with van der Waals surface area (Å²) in [6.45, 7) is 6.37. The molecule has 2 rings (SSSR count). The van der Waals surface area contributed by atoms with Gasteiger partial charge in [-0.05, 0) is 68.3 Å². The van der Waals surface area contributed by atoms with Gasteiger partial charge in [0.1, 0.15) is 23.9 Å². The monoisotopic (exact) mass is 331 g/mol. The number of amides is 1. The number of carbonyl (C=O) groups excluding carboxylic acids is 1. The molecule has 0 aliphatic rings. The molecule has 0 aliphatic heterocycles. The molecule has 2 aromatic rings. The topological polar surface area (TPSA) is 47.6 Å². The van der Waals surface area contributed by atoms with Crippen molar-refractivity contribution < 1.29 is 18.7 Å². The maximum Gasteiger partial charge on any atom is 0.260 e. The molecule has 0 unspecified atom stereocenters. The molecule has 128 valence electrons. The zero-order chi connectivity index (χ0) is 17.5. The van der Waals surface area contributed by atoms with Crippen LogP contribution in [0.3, 0.4) is 0 Å². The summed E-state index contributed by atoms with van der Waals surface area (Å²) in [6, 6.07) is 11.5. The van der Waals surface area contributed by atoms with Crippen LogP contribution >= 0.6 is 0 Å². The van der Waals surface area contributed by atoms with Gasteiger partial charge in [0.05, 0.1) is 6.54 Å². The number of hydrogen-bond acceptors (Lipinski definition) is 3. The third kappa shape index (κ3) is 5.26. The molecule has 0 bridgehead atoms. The van der Waals surface area contributed by atoms with E-state index in [2.05, 4.69) is 5.32 Å². The lowest BCUT2D eigenvalue weighted by Crippen LogP contribution is -2.38. The van der Waals surface area contributed by atoms with Crippen molar-refractivity contribution in [3.05, 3.63) is 59.4 Å². The van der Waals surface area contributed by atoms with E-state index >= 15 is 0 Å². The SMILES string of the molecule is Cc1ccc(O[C@@H](C)C(=O)NCCOc2ccc(F)cc2)cc1C. The molecule has 5 heteroatoms. The molecule has 0 spiro atoms. The summed E-state index contributed by atoms with van der Waals surface area (Å²) in [4.78, 5) is 12.0. The van der Waals surface area contributed by atoms with Gasteiger partial charge in [0.2, 0.25) is 0 Å². The predicted molar refractivity (Wildman–Crippen MR) is 90.9 cm³/mol. The van der Waals surface area contributed by atoms with E-state index in [9.17, 15) is 9.18 Å². The van der Waals surface area contributed by atoms with Crippen LogP contribution in [0.4, 0.5) is 4.39 Å². The molecule has 2 aromatic carbocycles. The summed E-state index contributed by atoms with van der Waals surface area (Å²) >= 11 is 0. The van der Waals surface area contributed by atoms with Gasteiger partial charge in [-0.1, -0.05) is 6.07 Å². The van der Waals surface area contributed by atoms with Crippen LogP contribution in [0.1, 0.15) is 18.1 Å². The molecule has 0 aliphatic carbocycles. The van der Waals surface area contributed by atoms with Gasteiger partial charge in [-0.25, -0.2) is 4.39 Å². The largest absolute Gasteiger partial charge is 0.492 e. The second-order valence-electron chi connectivity index (χ2n) is 5.60. The standard InChI is InChI=1S/C19H22FNO3/c1-13-4-7-18(12-14(13)2)24-15(3)19(22)21-10-11-23-17-8-5-16(20)6-9-17/h4-9,12,15H,10-11H2,1-3H3,(H,21,22)/t15-/m0/s1. The first-order valence-electron chi connectivity index (χ1n) is 7.85. The van der Waals surface area contributed by atoms with E-state index in [-0.39, 0.29) is 11.7 Å². The lowest BCUT2D eigenvalue weighted by atomic mass is 10.1. The van der Waals surface area contributed by atoms with Gasteiger partial charge in [0.15, 0.2) is 6.10 Å². The number of carbonyl (C=O) groups is 1. The van der Waals surface area contributed by atoms with Gasteiger partial charge in [-0.2, -0.15) is 0 Å². The quantitative estimate of drug-likeness (QED) is 0.791. The van der Waals surface area contributed by atoms with Crippen LogP contribution in [-0.2, 0) is 4.79 Å². The normalized spacial score (nSPS) is 11.7. The van der Waals surface area contributed by atoms with Crippen molar-refractivity contribution in [1.82, 2.24) is 5.32 Å². The number of hydrogen-bond donors (Lipinski definition) is 1. The van der Waals surface area contributed by atoms with E-state index in [4.69, 9.17) is 9.47 Å². The first-order valence-corrected chi connectivity index (χ1v) is 7.85. The highest BCUT2D eigenvalue weighted by atomic mass is 19.1. The van der Waals surface area contributed by atoms with Crippen molar-refractivity contribution >= 4 is 5.91 Å². The molecule has 24 heavy (non-hydrogen) atoms. The molecule has 1 N–H and O–H groups in total. The fourth-order valence-corrected chi connectivity index (χ4v) is 2.06. The maximum atomic E-state index is 12.8. The Morgan fingerprint density at radius 1 is 1.08 bits per heavy atom. The number of benzene rings is 2. The predicted octanol–water partition coefficient (Wildman–Crippen LogP) is 3.41. The third-order valence-electron chi connectivity index (χ3n) is 3.64. The number of nitrogens with one attached hydrogen (secondary N) is 1. The number of aryl methyl sites for hydroxylation is 2. The fraction of sp³-hybridized carbons (Fsp3) is 0.316. The van der Waals surface area contributed by atoms with Crippen LogP contribution in [0.25, 0.3) is 0 Å². The molecule has 0 saturated carbocycles. The Morgan fingerprint density at radius 3 is 2.42 bits per heavy atom. The van der Waals surface area contributed by atoms with E-state index in [0.717, 1.165) is 5.56 Å². The highest BCUT2D eigenvalue weighted by Gasteiger charge is 2.14. The Bertz CT molecular complexity index is 686. The van der Waals surface area contributed by atoms with Crippen LogP contribution in [0.2, 0.25) is 0 Å². The van der Waals surface area contributed by atoms with Gasteiger partial charge in [-0.15, -0.1) is 0 Å². The zero-order valence-corrected chi connectivity index (χ0v) is 14.1. The smallest absolute Gasteiger partial charge is 0.260 e. The summed E-state index contributed by atoms with van der Waals surface area (Å²) in [5.74, 6) is 0.706. The summed E-state index contributed by atoms with van der Waals surface area (Å²) in [6.07, 6.45) is -0.599. The van der Waals surface area contributed by atoms with Crippen molar-refractivity contribution in [3.63, 3.8) is 0 Å². The molecular formula is C19H22FNO3. The first-order chi connectivity index (χ1) is 11.5. The van der Waals surface area contributed by atoms with Gasteiger partial charge in [-0.3, -0.25) is 4.79 Å². The van der Waals surface area contributed by atoms with Crippen LogP contribution in [0.15, 0.2) is 42.5 Å². The summed E-state index contributed by atoms with van der Waals surface area (Å²) < 4.78 is 23.8. The zero-order valence-electron chi connectivity index (χ0n) is 14.1. The lowest BCUT2D eigenvalue weighted by molar-refractivity contribution is -0.127. The Morgan fingerprint density at radius 2 is 1.75 bits per heavy atom. The molecular weight excluding hydrogens is 309 g/mol. The van der Waals surface area contributed by atoms with Crippen LogP contribution < -0.4 is 14.8 Å². The minimum atomic E-state index is -0.599. The van der Waals surface area contributed by atoms with Crippen LogP contribution in [0.5, 0.6) is 11.5 Å². The summed E-state index contributed by atoms with van der Waals surface area (Å²) in [7, 11) is 0. The highest BCUT2D eigenvalue weighted by Crippen LogP contribution is 2.17. The number of ether oxygens (including phenoxy) is 2. The van der Waals surface area contributed by atoms with E-state index in [1.165, 1.54) is 17.7 Å². The van der Waals surface area contributed by atoms with E-state index in [0.29, 0.717) is 24.7 Å². The van der Waals surface area contributed by atoms with Crippen LogP contribution in [-0.4, -0.2) is 25.2 Å². The minimum absolute atomic E-state index is 0.212. The molecule has 0 heterocycles. The van der Waals surface area contributed by atoms with Gasteiger partial charge >= 0.3 is 0 Å². The van der Waals surface area contributed by atoms with Crippen molar-refractivity contribution in [2.24, 2.45) is 0 Å². The van der Waals surface area contributed by atoms with Crippen molar-refractivity contribution in [2.45, 2.75) is 26.9 Å². The second-order valence-corrected chi connectivity index (χ2v) is 5.60. The van der Waals surface area contributed by atoms with E-state index in [1.807, 2.05) is 32.0 Å². The average molecular weight is 331 g/mol. The van der Waals surface area contributed by atoms with E-state index < -0.39 is 6.10 Å². The molecule has 4 nitrogen and oxygen atoms in total. The Labute approximate surface area is 141 Å². The van der Waals surface area contributed by atoms with Crippen molar-refractivity contribution in [1.29, 1.82) is 0 Å². The molecule has 1 amide bonds. The molecule has 0 radical (unpaired) electrons. The number of rotatable bonds is 7. The van der Waals surface area contributed by atoms with Gasteiger partial charge < -0.3 is 14.8 Å². The van der Waals surface area contributed by atoms with Gasteiger partial charge in [0, 0.05) is 0 Å². The van der Waals surface area contributed by atoms with Crippen molar-refractivity contribution in [3.8, 4) is 11.5 Å². The third-order valence-corrected chi connectivity index (χ3v) is 3.64. The Balaban J connectivity index is 1.73. The van der Waals surface area contributed by atoms with Crippen LogP contribution in [0, 0.1) is 19.7 Å². The maximum absolute atomic E-state index is 12.8. The van der Waals surface area contributed by atoms with Gasteiger partial charge in [0.25, 0.3) is 5.91 Å². The average Bonchev–Trinajstić information content (AvgIpc) is 2.56. The number of halogens is 1. The minimum Gasteiger partial charge on any atom is -0.492 e. The second kappa shape index (κ2) is 8.34. The highest BCUT2D eigenvalue weighted by molar-refractivity contribution is 5.80. The first kappa shape index (κ1) is 17.8. The molecule has 0 fully saturated rings.